The first-order chi connectivity index (χ1) is 13.0. The molecule has 2 aromatic carbocycles. The molecule has 0 aromatic heterocycles. The Balaban J connectivity index is 1.82. The van der Waals surface area contributed by atoms with Crippen LogP contribution in [0.15, 0.2) is 52.7 Å². The third-order valence-corrected chi connectivity index (χ3v) is 6.18. The first kappa shape index (κ1) is 18.1. The van der Waals surface area contributed by atoms with Gasteiger partial charge in [-0.05, 0) is 62.4 Å². The van der Waals surface area contributed by atoms with Crippen LogP contribution in [0.1, 0.15) is 43.2 Å². The van der Waals surface area contributed by atoms with Gasteiger partial charge in [-0.15, -0.1) is 0 Å². The summed E-state index contributed by atoms with van der Waals surface area (Å²) in [5.74, 6) is 0.735. The maximum atomic E-state index is 12.8. The highest BCUT2D eigenvalue weighted by atomic mass is 79.9. The van der Waals surface area contributed by atoms with Crippen LogP contribution in [-0.4, -0.2) is 16.7 Å². The van der Waals surface area contributed by atoms with Gasteiger partial charge < -0.3 is 14.6 Å². The Morgan fingerprint density at radius 1 is 1.11 bits per heavy atom. The maximum Gasteiger partial charge on any atom is 0.343 e. The summed E-state index contributed by atoms with van der Waals surface area (Å²) in [5, 5.41) is 11.0. The monoisotopic (exact) mass is 428 g/mol. The Bertz CT molecular complexity index is 911. The van der Waals surface area contributed by atoms with Crippen molar-refractivity contribution in [2.75, 3.05) is 0 Å². The van der Waals surface area contributed by atoms with Crippen LogP contribution in [0.2, 0.25) is 0 Å². The summed E-state index contributed by atoms with van der Waals surface area (Å²) in [7, 11) is 0. The van der Waals surface area contributed by atoms with E-state index in [2.05, 4.69) is 15.9 Å². The van der Waals surface area contributed by atoms with Gasteiger partial charge in [0, 0.05) is 10.0 Å². The van der Waals surface area contributed by atoms with E-state index in [0.29, 0.717) is 29.9 Å². The molecule has 5 heteroatoms. The lowest BCUT2D eigenvalue weighted by Crippen LogP contribution is -2.34. The molecule has 0 saturated heterocycles. The first-order valence-corrected chi connectivity index (χ1v) is 10.00. The van der Waals surface area contributed by atoms with Crippen LogP contribution in [0, 0.1) is 6.92 Å². The number of esters is 1. The van der Waals surface area contributed by atoms with E-state index in [-0.39, 0.29) is 11.3 Å². The number of halogens is 1. The minimum absolute atomic E-state index is 0.0480. The second-order valence-electron chi connectivity index (χ2n) is 7.18. The average molecular weight is 429 g/mol. The lowest BCUT2D eigenvalue weighted by atomic mass is 9.82. The number of benzene rings is 2. The molecule has 0 atom stereocenters. The second kappa shape index (κ2) is 7.04. The lowest BCUT2D eigenvalue weighted by molar-refractivity contribution is -0.149. The van der Waals surface area contributed by atoms with Crippen molar-refractivity contribution >= 4 is 27.5 Å². The van der Waals surface area contributed by atoms with Gasteiger partial charge in [-0.25, -0.2) is 4.79 Å². The molecular formula is C22H21BrO4. The Labute approximate surface area is 166 Å². The molecule has 1 aliphatic carbocycles. The third-order valence-electron chi connectivity index (χ3n) is 5.32. The number of aliphatic hydroxyl groups is 1. The maximum absolute atomic E-state index is 12.8. The fourth-order valence-corrected chi connectivity index (χ4v) is 4.18. The largest absolute Gasteiger partial charge is 0.507 e. The van der Waals surface area contributed by atoms with E-state index in [1.807, 2.05) is 49.4 Å². The Kier molecular flexibility index (Phi) is 4.72. The molecule has 1 spiro atoms. The number of ether oxygens (including phenoxy) is 2. The summed E-state index contributed by atoms with van der Waals surface area (Å²) in [5.41, 5.74) is 0.862. The molecule has 4 rings (SSSR count). The van der Waals surface area contributed by atoms with Crippen molar-refractivity contribution in [3.8, 4) is 11.5 Å². The fraction of sp³-hybridized carbons (Fsp3) is 0.318. The van der Waals surface area contributed by atoms with Gasteiger partial charge in [0.1, 0.15) is 17.1 Å². The topological polar surface area (TPSA) is 55.8 Å². The minimum Gasteiger partial charge on any atom is -0.507 e. The minimum atomic E-state index is -0.865. The van der Waals surface area contributed by atoms with Gasteiger partial charge in [0.25, 0.3) is 0 Å². The number of hydrogen-bond donors (Lipinski definition) is 1. The van der Waals surface area contributed by atoms with Gasteiger partial charge in [0.15, 0.2) is 11.4 Å². The molecule has 1 aliphatic heterocycles. The summed E-state index contributed by atoms with van der Waals surface area (Å²) in [6.07, 6.45) is 4.31. The number of aliphatic hydroxyl groups excluding tert-OH is 1. The molecular weight excluding hydrogens is 408 g/mol. The standard InChI is InChI=1S/C22H21BrO4/c1-14-12-16(18(13-17(14)23)26-15-8-4-2-5-9-15)19-20(24)22(27-21(19)25)10-6-3-7-11-22/h2,4-5,8-9,12-13,24H,3,6-7,10-11H2,1H3. The second-order valence-corrected chi connectivity index (χ2v) is 8.04. The normalized spacial score (nSPS) is 18.7. The Hall–Kier alpha value is -2.27. The summed E-state index contributed by atoms with van der Waals surface area (Å²) in [6, 6.07) is 13.1. The van der Waals surface area contributed by atoms with Crippen LogP contribution in [0.25, 0.3) is 5.57 Å². The van der Waals surface area contributed by atoms with Crippen molar-refractivity contribution in [3.05, 3.63) is 63.8 Å². The van der Waals surface area contributed by atoms with Gasteiger partial charge in [-0.3, -0.25) is 0 Å². The van der Waals surface area contributed by atoms with Gasteiger partial charge in [0.05, 0.1) is 0 Å². The molecule has 0 bridgehead atoms. The predicted molar refractivity (Wildman–Crippen MR) is 107 cm³/mol. The Morgan fingerprint density at radius 3 is 2.52 bits per heavy atom. The van der Waals surface area contributed by atoms with Crippen LogP contribution in [0.4, 0.5) is 0 Å². The molecule has 0 radical (unpaired) electrons. The van der Waals surface area contributed by atoms with Crippen molar-refractivity contribution in [2.24, 2.45) is 0 Å². The zero-order chi connectivity index (χ0) is 19.0. The summed E-state index contributed by atoms with van der Waals surface area (Å²) >= 11 is 3.53. The molecule has 1 fully saturated rings. The van der Waals surface area contributed by atoms with Crippen molar-refractivity contribution in [2.45, 2.75) is 44.6 Å². The SMILES string of the molecule is Cc1cc(C2=C(O)C3(CCCCC3)OC2=O)c(Oc2ccccc2)cc1Br. The highest BCUT2D eigenvalue weighted by Gasteiger charge is 2.49. The molecule has 0 unspecified atom stereocenters. The Morgan fingerprint density at radius 2 is 1.81 bits per heavy atom. The number of carbonyl (C=O) groups is 1. The van der Waals surface area contributed by atoms with E-state index in [1.165, 1.54) is 0 Å². The highest BCUT2D eigenvalue weighted by molar-refractivity contribution is 9.10. The predicted octanol–water partition coefficient (Wildman–Crippen LogP) is 6.08. The van der Waals surface area contributed by atoms with E-state index in [0.717, 1.165) is 29.3 Å². The summed E-state index contributed by atoms with van der Waals surface area (Å²) in [4.78, 5) is 12.8. The van der Waals surface area contributed by atoms with Crippen LogP contribution in [-0.2, 0) is 9.53 Å². The van der Waals surface area contributed by atoms with Gasteiger partial charge in [-0.2, -0.15) is 0 Å². The molecule has 4 nitrogen and oxygen atoms in total. The van der Waals surface area contributed by atoms with Crippen molar-refractivity contribution < 1.29 is 19.4 Å². The molecule has 2 aromatic rings. The number of rotatable bonds is 3. The van der Waals surface area contributed by atoms with Gasteiger partial charge in [0.2, 0.25) is 0 Å². The van der Waals surface area contributed by atoms with Crippen molar-refractivity contribution in [1.29, 1.82) is 0 Å². The molecule has 1 N–H and O–H groups in total. The van der Waals surface area contributed by atoms with E-state index in [1.54, 1.807) is 0 Å². The molecule has 1 saturated carbocycles. The van der Waals surface area contributed by atoms with Gasteiger partial charge >= 0.3 is 5.97 Å². The quantitative estimate of drug-likeness (QED) is 0.601. The number of aryl methyl sites for hydroxylation is 1. The molecule has 0 amide bonds. The average Bonchev–Trinajstić information content (AvgIpc) is 2.89. The van der Waals surface area contributed by atoms with Crippen LogP contribution >= 0.6 is 15.9 Å². The number of hydrogen-bond acceptors (Lipinski definition) is 4. The zero-order valence-corrected chi connectivity index (χ0v) is 16.7. The summed E-state index contributed by atoms with van der Waals surface area (Å²) < 4.78 is 12.6. The molecule has 27 heavy (non-hydrogen) atoms. The summed E-state index contributed by atoms with van der Waals surface area (Å²) in [6.45, 7) is 1.94. The molecule has 2 aliphatic rings. The molecule has 1 heterocycles. The van der Waals surface area contributed by atoms with E-state index in [4.69, 9.17) is 9.47 Å². The fourth-order valence-electron chi connectivity index (χ4n) is 3.86. The number of carbonyl (C=O) groups excluding carboxylic acids is 1. The van der Waals surface area contributed by atoms with Crippen LogP contribution in [0.3, 0.4) is 0 Å². The van der Waals surface area contributed by atoms with E-state index in [9.17, 15) is 9.90 Å². The third kappa shape index (κ3) is 3.25. The van der Waals surface area contributed by atoms with E-state index >= 15 is 0 Å². The highest BCUT2D eigenvalue weighted by Crippen LogP contribution is 2.47. The van der Waals surface area contributed by atoms with Crippen molar-refractivity contribution in [3.63, 3.8) is 0 Å². The van der Waals surface area contributed by atoms with E-state index < -0.39 is 11.6 Å². The van der Waals surface area contributed by atoms with Crippen LogP contribution in [0.5, 0.6) is 11.5 Å². The number of para-hydroxylation sites is 1. The lowest BCUT2D eigenvalue weighted by Gasteiger charge is -2.31. The first-order valence-electron chi connectivity index (χ1n) is 9.21. The zero-order valence-electron chi connectivity index (χ0n) is 15.1. The smallest absolute Gasteiger partial charge is 0.343 e. The van der Waals surface area contributed by atoms with Crippen LogP contribution < -0.4 is 4.74 Å². The van der Waals surface area contributed by atoms with Crippen molar-refractivity contribution in [1.82, 2.24) is 0 Å². The van der Waals surface area contributed by atoms with Gasteiger partial charge in [-0.1, -0.05) is 40.5 Å². The molecule has 140 valence electrons.